The Morgan fingerprint density at radius 3 is 2.77 bits per heavy atom. The second-order valence-corrected chi connectivity index (χ2v) is 6.37. The van der Waals surface area contributed by atoms with Crippen LogP contribution in [0.4, 0.5) is 4.39 Å². The van der Waals surface area contributed by atoms with Crippen molar-refractivity contribution in [1.82, 2.24) is 10.2 Å². The quantitative estimate of drug-likeness (QED) is 0.865. The number of benzene rings is 2. The maximum atomic E-state index is 13.2. The molecule has 0 aromatic heterocycles. The van der Waals surface area contributed by atoms with Gasteiger partial charge in [0, 0.05) is 26.1 Å². The predicted octanol–water partition coefficient (Wildman–Crippen LogP) is 2.50. The molecule has 1 heterocycles. The third-order valence-corrected chi connectivity index (χ3v) is 4.45. The van der Waals surface area contributed by atoms with E-state index in [1.807, 2.05) is 24.3 Å². The molecule has 1 N–H and O–H groups in total. The van der Waals surface area contributed by atoms with Gasteiger partial charge in [0.25, 0.3) is 0 Å². The molecule has 2 aromatic carbocycles. The van der Waals surface area contributed by atoms with Gasteiger partial charge in [-0.15, -0.1) is 0 Å². The molecular formula is C20H21FN2O3. The minimum absolute atomic E-state index is 0.0428. The summed E-state index contributed by atoms with van der Waals surface area (Å²) in [6.45, 7) is 1.08. The SMILES string of the molecule is COc1cccc(CN2CC(C(=O)NCc3cccc(F)c3)CC2=O)c1. The van der Waals surface area contributed by atoms with Gasteiger partial charge in [-0.3, -0.25) is 9.59 Å². The van der Waals surface area contributed by atoms with Crippen molar-refractivity contribution in [3.8, 4) is 5.75 Å². The van der Waals surface area contributed by atoms with E-state index < -0.39 is 0 Å². The fourth-order valence-electron chi connectivity index (χ4n) is 3.07. The molecule has 5 nitrogen and oxygen atoms in total. The van der Waals surface area contributed by atoms with Gasteiger partial charge >= 0.3 is 0 Å². The van der Waals surface area contributed by atoms with Gasteiger partial charge in [-0.05, 0) is 35.4 Å². The van der Waals surface area contributed by atoms with E-state index in [4.69, 9.17) is 4.74 Å². The van der Waals surface area contributed by atoms with Gasteiger partial charge in [0.05, 0.1) is 13.0 Å². The third kappa shape index (κ3) is 4.39. The van der Waals surface area contributed by atoms with E-state index in [-0.39, 0.29) is 36.5 Å². The molecule has 1 aliphatic heterocycles. The van der Waals surface area contributed by atoms with Crippen molar-refractivity contribution in [2.24, 2.45) is 5.92 Å². The number of ether oxygens (including phenoxy) is 1. The molecule has 26 heavy (non-hydrogen) atoms. The van der Waals surface area contributed by atoms with E-state index in [0.717, 1.165) is 11.3 Å². The third-order valence-electron chi connectivity index (χ3n) is 4.45. The minimum atomic E-state index is -0.387. The van der Waals surface area contributed by atoms with Gasteiger partial charge in [-0.25, -0.2) is 4.39 Å². The molecule has 1 atom stereocenters. The number of nitrogens with one attached hydrogen (secondary N) is 1. The topological polar surface area (TPSA) is 58.6 Å². The Morgan fingerprint density at radius 2 is 2.00 bits per heavy atom. The van der Waals surface area contributed by atoms with Gasteiger partial charge in [0.15, 0.2) is 0 Å². The molecule has 0 radical (unpaired) electrons. The van der Waals surface area contributed by atoms with Crippen molar-refractivity contribution < 1.29 is 18.7 Å². The summed E-state index contributed by atoms with van der Waals surface area (Å²) in [5.41, 5.74) is 1.65. The molecule has 0 aliphatic carbocycles. The van der Waals surface area contributed by atoms with E-state index in [9.17, 15) is 14.0 Å². The molecule has 2 aromatic rings. The number of carbonyl (C=O) groups excluding carboxylic acids is 2. The number of carbonyl (C=O) groups is 2. The maximum absolute atomic E-state index is 13.2. The van der Waals surface area contributed by atoms with E-state index >= 15 is 0 Å². The van der Waals surface area contributed by atoms with Crippen LogP contribution in [0.15, 0.2) is 48.5 Å². The van der Waals surface area contributed by atoms with Crippen molar-refractivity contribution in [1.29, 1.82) is 0 Å². The zero-order valence-electron chi connectivity index (χ0n) is 14.6. The van der Waals surface area contributed by atoms with E-state index in [1.165, 1.54) is 12.1 Å². The average Bonchev–Trinajstić information content (AvgIpc) is 3.00. The van der Waals surface area contributed by atoms with Gasteiger partial charge in [0.1, 0.15) is 11.6 Å². The van der Waals surface area contributed by atoms with Crippen LogP contribution in [0.25, 0.3) is 0 Å². The summed E-state index contributed by atoms with van der Waals surface area (Å²) in [4.78, 5) is 26.3. The first-order chi connectivity index (χ1) is 12.5. The number of likely N-dealkylation sites (tertiary alicyclic amines) is 1. The fourth-order valence-corrected chi connectivity index (χ4v) is 3.07. The molecule has 1 unspecified atom stereocenters. The monoisotopic (exact) mass is 356 g/mol. The molecule has 1 saturated heterocycles. The summed E-state index contributed by atoms with van der Waals surface area (Å²) in [7, 11) is 1.60. The van der Waals surface area contributed by atoms with Crippen LogP contribution in [0.2, 0.25) is 0 Å². The van der Waals surface area contributed by atoms with Gasteiger partial charge in [-0.1, -0.05) is 24.3 Å². The zero-order valence-corrected chi connectivity index (χ0v) is 14.6. The molecule has 0 saturated carbocycles. The molecule has 0 spiro atoms. The Labute approximate surface area is 151 Å². The largest absolute Gasteiger partial charge is 0.497 e. The smallest absolute Gasteiger partial charge is 0.225 e. The lowest BCUT2D eigenvalue weighted by atomic mass is 10.1. The molecule has 0 bridgehead atoms. The summed E-state index contributed by atoms with van der Waals surface area (Å²) < 4.78 is 18.4. The van der Waals surface area contributed by atoms with E-state index in [0.29, 0.717) is 18.7 Å². The number of amides is 2. The van der Waals surface area contributed by atoms with Crippen molar-refractivity contribution >= 4 is 11.8 Å². The Hall–Kier alpha value is -2.89. The molecule has 1 aliphatic rings. The number of methoxy groups -OCH3 is 1. The standard InChI is InChI=1S/C20H21FN2O3/c1-26-18-7-3-5-15(9-18)12-23-13-16(10-19(23)24)20(25)22-11-14-4-2-6-17(21)8-14/h2-9,16H,10-13H2,1H3,(H,22,25). The second-order valence-electron chi connectivity index (χ2n) is 6.37. The second kappa shape index (κ2) is 7.99. The summed E-state index contributed by atoms with van der Waals surface area (Å²) in [6, 6.07) is 13.6. The Bertz CT molecular complexity index is 809. The predicted molar refractivity (Wildman–Crippen MR) is 94.8 cm³/mol. The Balaban J connectivity index is 1.55. The lowest BCUT2D eigenvalue weighted by Crippen LogP contribution is -2.32. The number of halogens is 1. The Kier molecular flexibility index (Phi) is 5.51. The van der Waals surface area contributed by atoms with E-state index in [1.54, 1.807) is 24.1 Å². The van der Waals surface area contributed by atoms with Crippen molar-refractivity contribution in [2.75, 3.05) is 13.7 Å². The van der Waals surface area contributed by atoms with Crippen LogP contribution < -0.4 is 10.1 Å². The molecule has 136 valence electrons. The summed E-state index contributed by atoms with van der Waals surface area (Å²) >= 11 is 0. The highest BCUT2D eigenvalue weighted by Gasteiger charge is 2.34. The number of rotatable bonds is 6. The van der Waals surface area contributed by atoms with Crippen LogP contribution >= 0.6 is 0 Å². The number of hydrogen-bond donors (Lipinski definition) is 1. The number of hydrogen-bond acceptors (Lipinski definition) is 3. The van der Waals surface area contributed by atoms with Crippen molar-refractivity contribution in [3.63, 3.8) is 0 Å². The summed E-state index contributed by atoms with van der Waals surface area (Å²) in [6.07, 6.45) is 0.193. The maximum Gasteiger partial charge on any atom is 0.225 e. The molecule has 6 heteroatoms. The van der Waals surface area contributed by atoms with Crippen LogP contribution in [0.5, 0.6) is 5.75 Å². The van der Waals surface area contributed by atoms with Crippen LogP contribution in [-0.4, -0.2) is 30.4 Å². The molecule has 3 rings (SSSR count). The first-order valence-corrected chi connectivity index (χ1v) is 8.48. The molecule has 1 fully saturated rings. The van der Waals surface area contributed by atoms with Crippen molar-refractivity contribution in [2.45, 2.75) is 19.5 Å². The zero-order chi connectivity index (χ0) is 18.5. The summed E-state index contributed by atoms with van der Waals surface area (Å²) in [5, 5.41) is 2.79. The summed E-state index contributed by atoms with van der Waals surface area (Å²) in [5.74, 6) is -0.216. The highest BCUT2D eigenvalue weighted by Crippen LogP contribution is 2.22. The Morgan fingerprint density at radius 1 is 1.23 bits per heavy atom. The molecule has 2 amide bonds. The van der Waals surface area contributed by atoms with Gasteiger partial charge < -0.3 is 15.0 Å². The van der Waals surface area contributed by atoms with Crippen LogP contribution in [0.1, 0.15) is 17.5 Å². The van der Waals surface area contributed by atoms with Crippen LogP contribution in [0.3, 0.4) is 0 Å². The van der Waals surface area contributed by atoms with Crippen molar-refractivity contribution in [3.05, 3.63) is 65.5 Å². The lowest BCUT2D eigenvalue weighted by molar-refractivity contribution is -0.129. The highest BCUT2D eigenvalue weighted by molar-refractivity contribution is 5.89. The highest BCUT2D eigenvalue weighted by atomic mass is 19.1. The normalized spacial score (nSPS) is 16.6. The average molecular weight is 356 g/mol. The van der Waals surface area contributed by atoms with Gasteiger partial charge in [-0.2, -0.15) is 0 Å². The van der Waals surface area contributed by atoms with E-state index in [2.05, 4.69) is 5.32 Å². The van der Waals surface area contributed by atoms with Gasteiger partial charge in [0.2, 0.25) is 11.8 Å². The van der Waals surface area contributed by atoms with Crippen LogP contribution in [-0.2, 0) is 22.7 Å². The first kappa shape index (κ1) is 17.9. The van der Waals surface area contributed by atoms with Crippen LogP contribution in [0, 0.1) is 11.7 Å². The fraction of sp³-hybridized carbons (Fsp3) is 0.300. The molecular weight excluding hydrogens is 335 g/mol. The lowest BCUT2D eigenvalue weighted by Gasteiger charge is -2.17. The number of nitrogens with zero attached hydrogens (tertiary/aromatic N) is 1. The minimum Gasteiger partial charge on any atom is -0.497 e. The first-order valence-electron chi connectivity index (χ1n) is 8.48.